The molecule has 0 saturated heterocycles. The number of nitrogens with one attached hydrogen (secondary N) is 1. The van der Waals surface area contributed by atoms with Crippen molar-refractivity contribution in [1.29, 1.82) is 0 Å². The van der Waals surface area contributed by atoms with Gasteiger partial charge in [0, 0.05) is 18.7 Å². The van der Waals surface area contributed by atoms with E-state index >= 15 is 0 Å². The second kappa shape index (κ2) is 5.40. The SMILES string of the molecule is COc1ccc(C(=O)Nc2ccc3oc(C)nc3c2)c(O)c1. The smallest absolute Gasteiger partial charge is 0.259 e. The summed E-state index contributed by atoms with van der Waals surface area (Å²) in [6.07, 6.45) is 0. The minimum Gasteiger partial charge on any atom is -0.507 e. The summed E-state index contributed by atoms with van der Waals surface area (Å²) in [5, 5.41) is 12.6. The number of aromatic hydroxyl groups is 1. The average Bonchev–Trinajstić information content (AvgIpc) is 2.86. The minimum atomic E-state index is -0.417. The van der Waals surface area contributed by atoms with Crippen LogP contribution in [-0.4, -0.2) is 23.1 Å². The molecule has 0 aliphatic carbocycles. The number of phenols is 1. The number of benzene rings is 2. The van der Waals surface area contributed by atoms with Gasteiger partial charge in [-0.15, -0.1) is 0 Å². The Morgan fingerprint density at radius 3 is 2.82 bits per heavy atom. The molecule has 2 aromatic carbocycles. The van der Waals surface area contributed by atoms with Gasteiger partial charge >= 0.3 is 0 Å². The highest BCUT2D eigenvalue weighted by molar-refractivity contribution is 6.06. The minimum absolute atomic E-state index is 0.143. The summed E-state index contributed by atoms with van der Waals surface area (Å²) in [5.41, 5.74) is 2.05. The molecule has 6 heteroatoms. The van der Waals surface area contributed by atoms with Crippen LogP contribution >= 0.6 is 0 Å². The summed E-state index contributed by atoms with van der Waals surface area (Å²) >= 11 is 0. The lowest BCUT2D eigenvalue weighted by Crippen LogP contribution is -2.12. The number of nitrogens with zero attached hydrogens (tertiary/aromatic N) is 1. The zero-order chi connectivity index (χ0) is 15.7. The Balaban J connectivity index is 1.86. The monoisotopic (exact) mass is 298 g/mol. The van der Waals surface area contributed by atoms with Gasteiger partial charge in [-0.1, -0.05) is 0 Å². The fraction of sp³-hybridized carbons (Fsp3) is 0.125. The molecule has 3 aromatic rings. The van der Waals surface area contributed by atoms with Gasteiger partial charge in [0.05, 0.1) is 12.7 Å². The van der Waals surface area contributed by atoms with E-state index in [0.29, 0.717) is 28.4 Å². The topological polar surface area (TPSA) is 84.6 Å². The van der Waals surface area contributed by atoms with Crippen molar-refractivity contribution in [2.75, 3.05) is 12.4 Å². The molecule has 0 fully saturated rings. The molecule has 0 bridgehead atoms. The van der Waals surface area contributed by atoms with Crippen LogP contribution in [0.25, 0.3) is 11.1 Å². The predicted octanol–water partition coefficient (Wildman–Crippen LogP) is 3.10. The third kappa shape index (κ3) is 2.58. The third-order valence-electron chi connectivity index (χ3n) is 3.20. The number of aryl methyl sites for hydroxylation is 1. The van der Waals surface area contributed by atoms with Gasteiger partial charge in [0.15, 0.2) is 11.5 Å². The van der Waals surface area contributed by atoms with E-state index in [4.69, 9.17) is 9.15 Å². The van der Waals surface area contributed by atoms with E-state index in [1.807, 2.05) is 0 Å². The van der Waals surface area contributed by atoms with E-state index in [9.17, 15) is 9.90 Å². The molecule has 6 nitrogen and oxygen atoms in total. The molecule has 1 aromatic heterocycles. The lowest BCUT2D eigenvalue weighted by molar-refractivity contribution is 0.102. The molecular formula is C16H14N2O4. The molecule has 0 spiro atoms. The van der Waals surface area contributed by atoms with Gasteiger partial charge in [-0.25, -0.2) is 4.98 Å². The fourth-order valence-corrected chi connectivity index (χ4v) is 2.15. The third-order valence-corrected chi connectivity index (χ3v) is 3.20. The number of anilines is 1. The van der Waals surface area contributed by atoms with Gasteiger partial charge in [-0.2, -0.15) is 0 Å². The standard InChI is InChI=1S/C16H14N2O4/c1-9-17-13-7-10(3-6-15(13)22-9)18-16(20)12-5-4-11(21-2)8-14(12)19/h3-8,19H,1-2H3,(H,18,20). The molecule has 3 rings (SSSR count). The highest BCUT2D eigenvalue weighted by Gasteiger charge is 2.13. The number of oxazole rings is 1. The first kappa shape index (κ1) is 13.9. The fourth-order valence-electron chi connectivity index (χ4n) is 2.15. The zero-order valence-corrected chi connectivity index (χ0v) is 12.1. The largest absolute Gasteiger partial charge is 0.507 e. The quantitative estimate of drug-likeness (QED) is 0.776. The van der Waals surface area contributed by atoms with Gasteiger partial charge in [0.2, 0.25) is 0 Å². The van der Waals surface area contributed by atoms with Gasteiger partial charge in [-0.3, -0.25) is 4.79 Å². The summed E-state index contributed by atoms with van der Waals surface area (Å²) in [5.74, 6) is 0.481. The Hall–Kier alpha value is -3.02. The Bertz CT molecular complexity index is 854. The van der Waals surface area contributed by atoms with Crippen LogP contribution in [0.15, 0.2) is 40.8 Å². The second-order valence-corrected chi connectivity index (χ2v) is 4.75. The van der Waals surface area contributed by atoms with Crippen LogP contribution in [0.4, 0.5) is 5.69 Å². The zero-order valence-electron chi connectivity index (χ0n) is 12.1. The first-order valence-electron chi connectivity index (χ1n) is 6.62. The van der Waals surface area contributed by atoms with Crippen molar-refractivity contribution in [3.05, 3.63) is 47.9 Å². The summed E-state index contributed by atoms with van der Waals surface area (Å²) in [6, 6.07) is 9.66. The van der Waals surface area contributed by atoms with Crippen molar-refractivity contribution < 1.29 is 19.1 Å². The number of carbonyl (C=O) groups excluding carboxylic acids is 1. The van der Waals surface area contributed by atoms with E-state index in [1.54, 1.807) is 31.2 Å². The van der Waals surface area contributed by atoms with Crippen molar-refractivity contribution >= 4 is 22.7 Å². The van der Waals surface area contributed by atoms with Crippen molar-refractivity contribution in [2.45, 2.75) is 6.92 Å². The molecule has 0 aliphatic heterocycles. The highest BCUT2D eigenvalue weighted by atomic mass is 16.5. The molecule has 0 saturated carbocycles. The van der Waals surface area contributed by atoms with E-state index in [0.717, 1.165) is 0 Å². The normalized spacial score (nSPS) is 10.6. The number of phenolic OH excluding ortho intramolecular Hbond substituents is 1. The van der Waals surface area contributed by atoms with Crippen LogP contribution in [0, 0.1) is 6.92 Å². The van der Waals surface area contributed by atoms with E-state index in [-0.39, 0.29) is 11.3 Å². The van der Waals surface area contributed by atoms with Crippen molar-refractivity contribution in [3.8, 4) is 11.5 Å². The number of carbonyl (C=O) groups is 1. The van der Waals surface area contributed by atoms with Crippen molar-refractivity contribution in [3.63, 3.8) is 0 Å². The van der Waals surface area contributed by atoms with Gasteiger partial charge < -0.3 is 19.6 Å². The summed E-state index contributed by atoms with van der Waals surface area (Å²) < 4.78 is 10.4. The molecule has 0 atom stereocenters. The van der Waals surface area contributed by atoms with Crippen LogP contribution in [0.2, 0.25) is 0 Å². The molecule has 2 N–H and O–H groups in total. The van der Waals surface area contributed by atoms with Crippen LogP contribution in [0.5, 0.6) is 11.5 Å². The van der Waals surface area contributed by atoms with Crippen molar-refractivity contribution in [2.24, 2.45) is 0 Å². The lowest BCUT2D eigenvalue weighted by Gasteiger charge is -2.08. The first-order valence-corrected chi connectivity index (χ1v) is 6.62. The maximum atomic E-state index is 12.2. The summed E-state index contributed by atoms with van der Waals surface area (Å²) in [6.45, 7) is 1.76. The second-order valence-electron chi connectivity index (χ2n) is 4.75. The molecule has 1 heterocycles. The predicted molar refractivity (Wildman–Crippen MR) is 81.4 cm³/mol. The Morgan fingerprint density at radius 1 is 1.27 bits per heavy atom. The van der Waals surface area contributed by atoms with E-state index < -0.39 is 5.91 Å². The lowest BCUT2D eigenvalue weighted by atomic mass is 10.1. The van der Waals surface area contributed by atoms with E-state index in [2.05, 4.69) is 10.3 Å². The van der Waals surface area contributed by atoms with Crippen LogP contribution < -0.4 is 10.1 Å². The number of aromatic nitrogens is 1. The number of methoxy groups -OCH3 is 1. The number of fused-ring (bicyclic) bond motifs is 1. The maximum Gasteiger partial charge on any atom is 0.259 e. The maximum absolute atomic E-state index is 12.2. The first-order chi connectivity index (χ1) is 10.6. The van der Waals surface area contributed by atoms with Gasteiger partial charge in [-0.05, 0) is 30.3 Å². The van der Waals surface area contributed by atoms with Crippen LogP contribution in [-0.2, 0) is 0 Å². The van der Waals surface area contributed by atoms with Gasteiger partial charge in [0.1, 0.15) is 17.0 Å². The Labute approximate surface area is 126 Å². The molecular weight excluding hydrogens is 284 g/mol. The molecule has 1 amide bonds. The number of rotatable bonds is 3. The van der Waals surface area contributed by atoms with E-state index in [1.165, 1.54) is 19.2 Å². The van der Waals surface area contributed by atoms with Gasteiger partial charge in [0.25, 0.3) is 5.91 Å². The van der Waals surface area contributed by atoms with Crippen LogP contribution in [0.1, 0.15) is 16.2 Å². The number of hydrogen-bond donors (Lipinski definition) is 2. The Kier molecular flexibility index (Phi) is 3.42. The molecule has 112 valence electrons. The number of hydrogen-bond acceptors (Lipinski definition) is 5. The summed E-state index contributed by atoms with van der Waals surface area (Å²) in [4.78, 5) is 16.4. The number of amides is 1. The molecule has 0 unspecified atom stereocenters. The molecule has 0 aliphatic rings. The molecule has 0 radical (unpaired) electrons. The Morgan fingerprint density at radius 2 is 2.09 bits per heavy atom. The number of ether oxygens (including phenoxy) is 1. The summed E-state index contributed by atoms with van der Waals surface area (Å²) in [7, 11) is 1.49. The van der Waals surface area contributed by atoms with Crippen molar-refractivity contribution in [1.82, 2.24) is 4.98 Å². The molecule has 22 heavy (non-hydrogen) atoms. The van der Waals surface area contributed by atoms with Crippen LogP contribution in [0.3, 0.4) is 0 Å². The highest BCUT2D eigenvalue weighted by Crippen LogP contribution is 2.25. The average molecular weight is 298 g/mol.